The second-order valence-corrected chi connectivity index (χ2v) is 7.47. The van der Waals surface area contributed by atoms with Crippen LogP contribution >= 0.6 is 0 Å². The van der Waals surface area contributed by atoms with Crippen molar-refractivity contribution in [1.29, 1.82) is 0 Å². The molecule has 0 bridgehead atoms. The van der Waals surface area contributed by atoms with E-state index in [-0.39, 0.29) is 0 Å². The van der Waals surface area contributed by atoms with Crippen molar-refractivity contribution in [1.82, 2.24) is 4.40 Å². The molecule has 0 N–H and O–H groups in total. The van der Waals surface area contributed by atoms with E-state index in [0.717, 1.165) is 0 Å². The second-order valence-electron chi connectivity index (χ2n) is 7.47. The smallest absolute Gasteiger partial charge is 0.224 e. The van der Waals surface area contributed by atoms with Crippen LogP contribution in [0.3, 0.4) is 0 Å². The minimum Gasteiger partial charge on any atom is -0.315 e. The lowest BCUT2D eigenvalue weighted by molar-refractivity contribution is -0.643. The zero-order valence-electron chi connectivity index (χ0n) is 15.2. The van der Waals surface area contributed by atoms with Gasteiger partial charge in [0, 0.05) is 17.6 Å². The number of nitrogens with zero attached hydrogens (tertiary/aromatic N) is 2. The number of fused-ring (bicyclic) bond motifs is 4. The quantitative estimate of drug-likeness (QED) is 0.199. The summed E-state index contributed by atoms with van der Waals surface area (Å²) in [6, 6.07) is 17.7. The van der Waals surface area contributed by atoms with Gasteiger partial charge in [0.25, 0.3) is 0 Å². The lowest BCUT2D eigenvalue weighted by Crippen LogP contribution is -2.28. The standard InChI is InChI=1S/C24H19N2/c1-14-13-26-19-10-6-7-16-11-12-25(3)23(22(16)19)21-15(2)17-8-4-5-9-18(17)20(14)24(21)26/h4-13H,1-3H3/q+1. The molecule has 3 aromatic heterocycles. The Kier molecular flexibility index (Phi) is 2.45. The van der Waals surface area contributed by atoms with Crippen molar-refractivity contribution in [3.8, 4) is 0 Å². The minimum atomic E-state index is 1.29. The Morgan fingerprint density at radius 1 is 0.808 bits per heavy atom. The predicted octanol–water partition coefficient (Wildman–Crippen LogP) is 5.43. The normalized spacial score (nSPS) is 12.4. The van der Waals surface area contributed by atoms with Gasteiger partial charge in [-0.2, -0.15) is 0 Å². The highest BCUT2D eigenvalue weighted by Crippen LogP contribution is 2.41. The SMILES string of the molecule is Cc1cn2c3cccc4cc[n+](C)c(c5c(C)c6ccccc6c1c52)c43. The Balaban J connectivity index is 2.15. The van der Waals surface area contributed by atoms with Crippen molar-refractivity contribution >= 4 is 48.9 Å². The molecule has 26 heavy (non-hydrogen) atoms. The average molecular weight is 335 g/mol. The van der Waals surface area contributed by atoms with E-state index in [4.69, 9.17) is 0 Å². The Bertz CT molecular complexity index is 1500. The highest BCUT2D eigenvalue weighted by atomic mass is 14.9. The van der Waals surface area contributed by atoms with E-state index in [0.29, 0.717) is 0 Å². The maximum Gasteiger partial charge on any atom is 0.224 e. The van der Waals surface area contributed by atoms with E-state index in [2.05, 4.69) is 90.8 Å². The summed E-state index contributed by atoms with van der Waals surface area (Å²) in [5.74, 6) is 0. The lowest BCUT2D eigenvalue weighted by atomic mass is 9.94. The van der Waals surface area contributed by atoms with Gasteiger partial charge in [0.15, 0.2) is 6.20 Å². The van der Waals surface area contributed by atoms with E-state index >= 15 is 0 Å². The van der Waals surface area contributed by atoms with Crippen molar-refractivity contribution in [2.24, 2.45) is 7.05 Å². The van der Waals surface area contributed by atoms with Crippen LogP contribution in [0.15, 0.2) is 60.9 Å². The molecule has 0 atom stereocenters. The molecule has 0 spiro atoms. The summed E-state index contributed by atoms with van der Waals surface area (Å²) in [5.41, 5.74) is 6.67. The summed E-state index contributed by atoms with van der Waals surface area (Å²) in [5, 5.41) is 8.11. The maximum atomic E-state index is 2.41. The van der Waals surface area contributed by atoms with Gasteiger partial charge in [0.2, 0.25) is 5.52 Å². The van der Waals surface area contributed by atoms with Gasteiger partial charge >= 0.3 is 0 Å². The molecule has 0 aliphatic heterocycles. The van der Waals surface area contributed by atoms with Crippen LogP contribution in [0.5, 0.6) is 0 Å². The summed E-state index contributed by atoms with van der Waals surface area (Å²) >= 11 is 0. The molecule has 124 valence electrons. The zero-order chi connectivity index (χ0) is 17.6. The molecule has 2 heteroatoms. The first-order chi connectivity index (χ1) is 12.7. The summed E-state index contributed by atoms with van der Waals surface area (Å²) in [6.45, 7) is 4.51. The zero-order valence-corrected chi connectivity index (χ0v) is 15.2. The largest absolute Gasteiger partial charge is 0.315 e. The molecule has 3 heterocycles. The predicted molar refractivity (Wildman–Crippen MR) is 109 cm³/mol. The van der Waals surface area contributed by atoms with Crippen molar-refractivity contribution < 1.29 is 4.57 Å². The van der Waals surface area contributed by atoms with Gasteiger partial charge in [-0.25, -0.2) is 4.57 Å². The number of aryl methyl sites for hydroxylation is 3. The van der Waals surface area contributed by atoms with Crippen LogP contribution in [0.25, 0.3) is 48.9 Å². The molecular weight excluding hydrogens is 316 g/mol. The van der Waals surface area contributed by atoms with Gasteiger partial charge < -0.3 is 4.40 Å². The molecular formula is C24H19N2+. The third-order valence-electron chi connectivity index (χ3n) is 6.05. The van der Waals surface area contributed by atoms with Gasteiger partial charge in [-0.05, 0) is 47.2 Å². The van der Waals surface area contributed by atoms with Crippen molar-refractivity contribution in [3.05, 3.63) is 72.1 Å². The molecule has 0 amide bonds. The topological polar surface area (TPSA) is 8.29 Å². The molecule has 2 nitrogen and oxygen atoms in total. The molecule has 0 fully saturated rings. The summed E-state index contributed by atoms with van der Waals surface area (Å²) < 4.78 is 4.70. The molecule has 0 aliphatic rings. The van der Waals surface area contributed by atoms with Crippen LogP contribution < -0.4 is 4.57 Å². The first kappa shape index (κ1) is 14.1. The second kappa shape index (κ2) is 4.53. The van der Waals surface area contributed by atoms with Gasteiger partial charge in [0.05, 0.1) is 21.8 Å². The molecule has 0 saturated carbocycles. The Labute approximate surface area is 151 Å². The Morgan fingerprint density at radius 2 is 1.62 bits per heavy atom. The van der Waals surface area contributed by atoms with Gasteiger partial charge in [-0.1, -0.05) is 36.4 Å². The lowest BCUT2D eigenvalue weighted by Gasteiger charge is -2.14. The van der Waals surface area contributed by atoms with Crippen molar-refractivity contribution in [3.63, 3.8) is 0 Å². The number of hydrogen-bond acceptors (Lipinski definition) is 0. The highest BCUT2D eigenvalue weighted by Gasteiger charge is 2.23. The van der Waals surface area contributed by atoms with Gasteiger partial charge in [-0.15, -0.1) is 0 Å². The van der Waals surface area contributed by atoms with E-state index in [1.54, 1.807) is 0 Å². The number of aromatic nitrogens is 2. The Hall–Kier alpha value is -3.13. The van der Waals surface area contributed by atoms with Crippen LogP contribution in [0.1, 0.15) is 11.1 Å². The maximum absolute atomic E-state index is 2.41. The highest BCUT2D eigenvalue weighted by molar-refractivity contribution is 6.26. The van der Waals surface area contributed by atoms with Crippen molar-refractivity contribution in [2.75, 3.05) is 0 Å². The number of rotatable bonds is 0. The van der Waals surface area contributed by atoms with E-state index in [9.17, 15) is 0 Å². The molecule has 3 aromatic carbocycles. The van der Waals surface area contributed by atoms with Crippen LogP contribution in [0, 0.1) is 13.8 Å². The molecule has 0 saturated heterocycles. The fourth-order valence-corrected chi connectivity index (χ4v) is 4.94. The minimum absolute atomic E-state index is 1.29. The van der Waals surface area contributed by atoms with Crippen molar-refractivity contribution in [2.45, 2.75) is 13.8 Å². The average Bonchev–Trinajstić information content (AvgIpc) is 3.01. The summed E-state index contributed by atoms with van der Waals surface area (Å²) in [7, 11) is 2.16. The molecule has 6 aromatic rings. The molecule has 0 unspecified atom stereocenters. The van der Waals surface area contributed by atoms with Crippen LogP contribution in [0.2, 0.25) is 0 Å². The van der Waals surface area contributed by atoms with Gasteiger partial charge in [0.1, 0.15) is 7.05 Å². The third kappa shape index (κ3) is 1.47. The van der Waals surface area contributed by atoms with Gasteiger partial charge in [-0.3, -0.25) is 0 Å². The van der Waals surface area contributed by atoms with Crippen LogP contribution in [-0.2, 0) is 7.05 Å². The number of benzene rings is 3. The molecule has 6 rings (SSSR count). The van der Waals surface area contributed by atoms with E-state index < -0.39 is 0 Å². The Morgan fingerprint density at radius 3 is 2.46 bits per heavy atom. The molecule has 0 aliphatic carbocycles. The number of pyridine rings is 2. The van der Waals surface area contributed by atoms with Crippen LogP contribution in [-0.4, -0.2) is 4.40 Å². The van der Waals surface area contributed by atoms with E-state index in [1.807, 2.05) is 0 Å². The first-order valence-corrected chi connectivity index (χ1v) is 9.12. The summed E-state index contributed by atoms with van der Waals surface area (Å²) in [6.07, 6.45) is 4.50. The number of hydrogen-bond donors (Lipinski definition) is 0. The summed E-state index contributed by atoms with van der Waals surface area (Å²) in [4.78, 5) is 0. The third-order valence-corrected chi connectivity index (χ3v) is 6.05. The van der Waals surface area contributed by atoms with E-state index in [1.165, 1.54) is 60.0 Å². The van der Waals surface area contributed by atoms with Crippen LogP contribution in [0.4, 0.5) is 0 Å². The fourth-order valence-electron chi connectivity index (χ4n) is 4.94. The fraction of sp³-hybridized carbons (Fsp3) is 0.125. The monoisotopic (exact) mass is 335 g/mol. The molecule has 0 radical (unpaired) electrons. The first-order valence-electron chi connectivity index (χ1n) is 9.12.